The second kappa shape index (κ2) is 13.7. The first-order valence-corrected chi connectivity index (χ1v) is 13.8. The highest BCUT2D eigenvalue weighted by molar-refractivity contribution is 7.07. The van der Waals surface area contributed by atoms with Crippen molar-refractivity contribution in [2.24, 2.45) is 4.99 Å². The number of nitrogens with one attached hydrogen (secondary N) is 1. The molecule has 1 unspecified atom stereocenters. The van der Waals surface area contributed by atoms with Gasteiger partial charge in [-0.2, -0.15) is 16.6 Å². The Bertz CT molecular complexity index is 1140. The van der Waals surface area contributed by atoms with Crippen molar-refractivity contribution in [3.05, 3.63) is 61.3 Å². The van der Waals surface area contributed by atoms with Crippen LogP contribution < -0.4 is 5.32 Å². The maximum atomic E-state index is 12.6. The van der Waals surface area contributed by atoms with Crippen molar-refractivity contribution in [1.29, 1.82) is 5.26 Å². The van der Waals surface area contributed by atoms with Crippen LogP contribution in [0.2, 0.25) is 10.3 Å². The normalized spacial score (nSPS) is 16.5. The molecule has 2 aromatic heterocycles. The highest BCUT2D eigenvalue weighted by Gasteiger charge is 2.34. The quantitative estimate of drug-likeness (QED) is 0.200. The van der Waals surface area contributed by atoms with Crippen molar-refractivity contribution in [1.82, 2.24) is 20.1 Å². The van der Waals surface area contributed by atoms with Crippen LogP contribution in [-0.4, -0.2) is 71.3 Å². The second-order valence-electron chi connectivity index (χ2n) is 9.09. The standard InChI is InChI=1S/C26H31Cl2N7OS/c1-17-13-22(27)33-24(28)23(17)26(36)32-9-5-18(2)34-10-6-20(7-11-34)35(15-19-8-12-37-16-19)25(31-4)21(14-29)30-3/h8,12-13,16,18,20-21H,5-7,9-11,15H2,1-2,4H3,(H,32,36)/t18-,21?/m1/s1. The van der Waals surface area contributed by atoms with E-state index < -0.39 is 6.04 Å². The summed E-state index contributed by atoms with van der Waals surface area (Å²) in [7, 11) is 1.66. The number of hydrogen-bond acceptors (Lipinski definition) is 6. The predicted molar refractivity (Wildman–Crippen MR) is 149 cm³/mol. The van der Waals surface area contributed by atoms with E-state index in [1.807, 2.05) is 5.38 Å². The number of rotatable bonds is 9. The number of aromatic nitrogens is 1. The lowest BCUT2D eigenvalue weighted by Gasteiger charge is -2.41. The van der Waals surface area contributed by atoms with E-state index in [0.717, 1.165) is 37.9 Å². The molecule has 1 aliphatic rings. The van der Waals surface area contributed by atoms with E-state index in [9.17, 15) is 10.1 Å². The summed E-state index contributed by atoms with van der Waals surface area (Å²) in [5, 5.41) is 17.0. The van der Waals surface area contributed by atoms with Gasteiger partial charge in [0, 0.05) is 45.3 Å². The van der Waals surface area contributed by atoms with Gasteiger partial charge in [-0.15, -0.1) is 0 Å². The van der Waals surface area contributed by atoms with Gasteiger partial charge in [-0.25, -0.2) is 11.6 Å². The number of aryl methyl sites for hydroxylation is 1. The van der Waals surface area contributed by atoms with E-state index in [0.29, 0.717) is 30.1 Å². The largest absolute Gasteiger partial charge is 0.363 e. The average molecular weight is 561 g/mol. The zero-order valence-corrected chi connectivity index (χ0v) is 23.6. The number of carbonyl (C=O) groups excluding carboxylic acids is 1. The molecule has 0 aliphatic carbocycles. The number of piperidine rings is 1. The van der Waals surface area contributed by atoms with Crippen LogP contribution in [0.5, 0.6) is 0 Å². The lowest BCUT2D eigenvalue weighted by atomic mass is 9.99. The molecule has 3 rings (SSSR count). The van der Waals surface area contributed by atoms with Crippen molar-refractivity contribution < 1.29 is 4.79 Å². The van der Waals surface area contributed by atoms with Crippen LogP contribution in [0.4, 0.5) is 0 Å². The first kappa shape index (κ1) is 28.9. The molecule has 37 heavy (non-hydrogen) atoms. The molecule has 11 heteroatoms. The van der Waals surface area contributed by atoms with Gasteiger partial charge in [0.25, 0.3) is 5.91 Å². The summed E-state index contributed by atoms with van der Waals surface area (Å²) < 4.78 is 0. The lowest BCUT2D eigenvalue weighted by Crippen LogP contribution is -2.51. The van der Waals surface area contributed by atoms with Crippen LogP contribution in [0.25, 0.3) is 4.85 Å². The first-order chi connectivity index (χ1) is 17.8. The third-order valence-corrected chi connectivity index (χ3v) is 7.93. The zero-order valence-electron chi connectivity index (χ0n) is 21.2. The monoisotopic (exact) mass is 559 g/mol. The first-order valence-electron chi connectivity index (χ1n) is 12.1. The van der Waals surface area contributed by atoms with Gasteiger partial charge in [-0.3, -0.25) is 14.6 Å². The maximum Gasteiger partial charge on any atom is 0.363 e. The highest BCUT2D eigenvalue weighted by Crippen LogP contribution is 2.24. The van der Waals surface area contributed by atoms with Crippen LogP contribution in [0, 0.1) is 24.8 Å². The van der Waals surface area contributed by atoms with E-state index in [1.165, 1.54) is 0 Å². The fourth-order valence-corrected chi connectivity index (χ4v) is 5.98. The van der Waals surface area contributed by atoms with Crippen LogP contribution >= 0.6 is 34.5 Å². The molecule has 0 spiro atoms. The molecule has 0 aromatic carbocycles. The van der Waals surface area contributed by atoms with Gasteiger partial charge >= 0.3 is 6.04 Å². The van der Waals surface area contributed by atoms with Crippen LogP contribution in [0.15, 0.2) is 27.9 Å². The van der Waals surface area contributed by atoms with Crippen molar-refractivity contribution >= 4 is 46.3 Å². The Hall–Kier alpha value is -2.69. The molecule has 1 fully saturated rings. The molecular formula is C26H31Cl2N7OS. The molecule has 196 valence electrons. The van der Waals surface area contributed by atoms with Crippen LogP contribution in [-0.2, 0) is 6.54 Å². The zero-order chi connectivity index (χ0) is 26.9. The van der Waals surface area contributed by atoms with Crippen LogP contribution in [0.3, 0.4) is 0 Å². The van der Waals surface area contributed by atoms with Gasteiger partial charge in [0.05, 0.1) is 5.56 Å². The lowest BCUT2D eigenvalue weighted by molar-refractivity contribution is 0.0935. The minimum absolute atomic E-state index is 0.108. The number of halogens is 2. The fraction of sp³-hybridized carbons (Fsp3) is 0.500. The Morgan fingerprint density at radius 1 is 1.46 bits per heavy atom. The van der Waals surface area contributed by atoms with E-state index in [-0.39, 0.29) is 28.3 Å². The Morgan fingerprint density at radius 3 is 2.76 bits per heavy atom. The van der Waals surface area contributed by atoms with Gasteiger partial charge in [-0.1, -0.05) is 23.2 Å². The second-order valence-corrected chi connectivity index (χ2v) is 10.6. The summed E-state index contributed by atoms with van der Waals surface area (Å²) in [5.74, 6) is 0.295. The predicted octanol–water partition coefficient (Wildman–Crippen LogP) is 5.07. The highest BCUT2D eigenvalue weighted by atomic mass is 35.5. The van der Waals surface area contributed by atoms with Gasteiger partial charge in [0.1, 0.15) is 10.3 Å². The summed E-state index contributed by atoms with van der Waals surface area (Å²) >= 11 is 13.7. The van der Waals surface area contributed by atoms with Gasteiger partial charge in [0.2, 0.25) is 0 Å². The number of likely N-dealkylation sites (tertiary alicyclic amines) is 1. The molecule has 2 aromatic rings. The summed E-state index contributed by atoms with van der Waals surface area (Å²) in [4.78, 5) is 29.1. The molecule has 1 amide bonds. The van der Waals surface area contributed by atoms with E-state index >= 15 is 0 Å². The van der Waals surface area contributed by atoms with E-state index in [1.54, 1.807) is 31.4 Å². The third kappa shape index (κ3) is 7.43. The van der Waals surface area contributed by atoms with Gasteiger partial charge in [-0.05, 0) is 67.1 Å². The number of amides is 1. The smallest absolute Gasteiger partial charge is 0.352 e. The summed E-state index contributed by atoms with van der Waals surface area (Å²) in [6, 6.07) is 5.37. The molecular weight excluding hydrogens is 529 g/mol. The van der Waals surface area contributed by atoms with Crippen molar-refractivity contribution in [2.75, 3.05) is 26.7 Å². The van der Waals surface area contributed by atoms with Gasteiger partial charge in [0.15, 0.2) is 11.9 Å². The SMILES string of the molecule is [C-]#[N+]C(C#N)C(=NC)N(Cc1ccsc1)C1CCN([C@H](C)CCNC(=O)c2c(C)cc(Cl)nc2Cl)CC1. The molecule has 1 N–H and O–H groups in total. The Morgan fingerprint density at radius 2 is 2.19 bits per heavy atom. The average Bonchev–Trinajstić information content (AvgIpc) is 3.39. The molecule has 3 heterocycles. The fourth-order valence-electron chi connectivity index (χ4n) is 4.70. The summed E-state index contributed by atoms with van der Waals surface area (Å²) in [6.45, 7) is 14.3. The van der Waals surface area contributed by atoms with Crippen molar-refractivity contribution in [3.8, 4) is 6.07 Å². The number of pyridine rings is 1. The molecule has 0 bridgehead atoms. The number of thiophene rings is 1. The molecule has 1 aliphatic heterocycles. The van der Waals surface area contributed by atoms with Crippen LogP contribution in [0.1, 0.15) is 47.7 Å². The number of nitriles is 1. The molecule has 1 saturated heterocycles. The topological polar surface area (TPSA) is 89.0 Å². The van der Waals surface area contributed by atoms with Crippen molar-refractivity contribution in [2.45, 2.75) is 57.8 Å². The molecule has 2 atom stereocenters. The Balaban J connectivity index is 1.56. The van der Waals surface area contributed by atoms with E-state index in [4.69, 9.17) is 29.8 Å². The maximum absolute atomic E-state index is 12.6. The van der Waals surface area contributed by atoms with Gasteiger partial charge < -0.3 is 15.1 Å². The van der Waals surface area contributed by atoms with Crippen molar-refractivity contribution in [3.63, 3.8) is 0 Å². The minimum atomic E-state index is -0.905. The Kier molecular flexibility index (Phi) is 10.7. The molecule has 0 radical (unpaired) electrons. The number of aliphatic imine (C=N–C) groups is 1. The summed E-state index contributed by atoms with van der Waals surface area (Å²) in [6.07, 6.45) is 2.60. The number of carbonyl (C=O) groups is 1. The Labute approximate surface area is 232 Å². The number of nitrogens with zero attached hydrogens (tertiary/aromatic N) is 6. The third-order valence-electron chi connectivity index (χ3n) is 6.73. The molecule has 0 saturated carbocycles. The number of hydrogen-bond donors (Lipinski definition) is 1. The van der Waals surface area contributed by atoms with E-state index in [2.05, 4.69) is 54.4 Å². The summed E-state index contributed by atoms with van der Waals surface area (Å²) in [5.41, 5.74) is 2.20. The minimum Gasteiger partial charge on any atom is -0.352 e. The number of amidine groups is 1. The molecule has 8 nitrogen and oxygen atoms in total.